The second-order valence-electron chi connectivity index (χ2n) is 3.75. The van der Waals surface area contributed by atoms with Crippen LogP contribution in [0.4, 0.5) is 0 Å². The van der Waals surface area contributed by atoms with Gasteiger partial charge in [0.15, 0.2) is 0 Å². The molecule has 1 rings (SSSR count). The lowest BCUT2D eigenvalue weighted by atomic mass is 10.1. The Hall–Kier alpha value is -1.59. The molecule has 6 heteroatoms. The fourth-order valence-electron chi connectivity index (χ4n) is 1.47. The van der Waals surface area contributed by atoms with Crippen LogP contribution in [0.15, 0.2) is 24.3 Å². The third-order valence-electron chi connectivity index (χ3n) is 2.34. The summed E-state index contributed by atoms with van der Waals surface area (Å²) in [4.78, 5) is 22.6. The van der Waals surface area contributed by atoms with Gasteiger partial charge in [-0.2, -0.15) is 0 Å². The predicted molar refractivity (Wildman–Crippen MR) is 68.2 cm³/mol. The van der Waals surface area contributed by atoms with E-state index in [0.717, 1.165) is 5.56 Å². The van der Waals surface area contributed by atoms with Gasteiger partial charge in [0.1, 0.15) is 12.6 Å². The Labute approximate surface area is 110 Å². The van der Waals surface area contributed by atoms with Gasteiger partial charge in [-0.25, -0.2) is 0 Å². The van der Waals surface area contributed by atoms with Crippen LogP contribution in [0.1, 0.15) is 5.56 Å². The van der Waals surface area contributed by atoms with E-state index in [1.165, 1.54) is 7.11 Å². The molecule has 0 aliphatic rings. The highest BCUT2D eigenvalue weighted by molar-refractivity contribution is 6.31. The highest BCUT2D eigenvalue weighted by Crippen LogP contribution is 2.16. The number of nitrogens with two attached hydrogens (primary N) is 1. The van der Waals surface area contributed by atoms with E-state index in [1.807, 2.05) is 0 Å². The summed E-state index contributed by atoms with van der Waals surface area (Å²) in [7, 11) is 1.40. The Morgan fingerprint density at radius 3 is 2.67 bits per heavy atom. The second kappa shape index (κ2) is 6.98. The van der Waals surface area contributed by atoms with Crippen molar-refractivity contribution < 1.29 is 14.3 Å². The lowest BCUT2D eigenvalue weighted by molar-refractivity contribution is -0.129. The molecule has 0 spiro atoms. The predicted octanol–water partition coefficient (Wildman–Crippen LogP) is 0.499. The normalized spacial score (nSPS) is 11.9. The maximum Gasteiger partial charge on any atom is 0.246 e. The molecular weight excluding hydrogens is 256 g/mol. The third-order valence-corrected chi connectivity index (χ3v) is 2.70. The molecule has 3 N–H and O–H groups in total. The standard InChI is InChI=1S/C12H15ClN2O3/c1-18-7-11(16)15-10(12(14)17)6-8-4-2-3-5-9(8)13/h2-5,10H,6-7H2,1H3,(H2,14,17)(H,15,16)/t10-/m0/s1. The van der Waals surface area contributed by atoms with Gasteiger partial charge in [-0.15, -0.1) is 0 Å². The zero-order valence-corrected chi connectivity index (χ0v) is 10.7. The summed E-state index contributed by atoms with van der Waals surface area (Å²) in [5.74, 6) is -1.01. The second-order valence-corrected chi connectivity index (χ2v) is 4.16. The number of carbonyl (C=O) groups excluding carboxylic acids is 2. The molecule has 1 aromatic carbocycles. The molecule has 0 unspecified atom stereocenters. The maximum atomic E-state index is 11.4. The number of hydrogen-bond acceptors (Lipinski definition) is 3. The first kappa shape index (κ1) is 14.5. The summed E-state index contributed by atoms with van der Waals surface area (Å²) in [6, 6.07) is 6.28. The zero-order valence-electron chi connectivity index (χ0n) is 9.98. The van der Waals surface area contributed by atoms with Crippen molar-refractivity contribution in [3.05, 3.63) is 34.9 Å². The van der Waals surface area contributed by atoms with E-state index >= 15 is 0 Å². The minimum atomic E-state index is -0.799. The highest BCUT2D eigenvalue weighted by Gasteiger charge is 2.19. The van der Waals surface area contributed by atoms with Crippen LogP contribution in [0.25, 0.3) is 0 Å². The van der Waals surface area contributed by atoms with Crippen LogP contribution in [-0.2, 0) is 20.7 Å². The first-order valence-corrected chi connectivity index (χ1v) is 5.73. The van der Waals surface area contributed by atoms with Crippen molar-refractivity contribution in [2.75, 3.05) is 13.7 Å². The lowest BCUT2D eigenvalue weighted by Gasteiger charge is -2.16. The number of benzene rings is 1. The summed E-state index contributed by atoms with van der Waals surface area (Å²) >= 11 is 5.98. The van der Waals surface area contributed by atoms with Crippen LogP contribution in [0, 0.1) is 0 Å². The molecule has 0 saturated carbocycles. The lowest BCUT2D eigenvalue weighted by Crippen LogP contribution is -2.47. The van der Waals surface area contributed by atoms with Crippen molar-refractivity contribution in [1.29, 1.82) is 0 Å². The van der Waals surface area contributed by atoms with Gasteiger partial charge in [-0.3, -0.25) is 9.59 Å². The van der Waals surface area contributed by atoms with Gasteiger partial charge in [-0.05, 0) is 11.6 Å². The third kappa shape index (κ3) is 4.35. The van der Waals surface area contributed by atoms with Crippen LogP contribution >= 0.6 is 11.6 Å². The number of primary amides is 1. The first-order chi connectivity index (χ1) is 8.54. The summed E-state index contributed by atoms with van der Waals surface area (Å²) in [5.41, 5.74) is 5.99. The minimum Gasteiger partial charge on any atom is -0.375 e. The molecule has 0 fully saturated rings. The van der Waals surface area contributed by atoms with Gasteiger partial charge >= 0.3 is 0 Å². The van der Waals surface area contributed by atoms with Gasteiger partial charge in [0.2, 0.25) is 11.8 Å². The Morgan fingerprint density at radius 2 is 2.11 bits per heavy atom. The van der Waals surface area contributed by atoms with E-state index in [4.69, 9.17) is 17.3 Å². The fraction of sp³-hybridized carbons (Fsp3) is 0.333. The molecular formula is C12H15ClN2O3. The number of amides is 2. The zero-order chi connectivity index (χ0) is 13.5. The van der Waals surface area contributed by atoms with Crippen LogP contribution in [0.5, 0.6) is 0 Å². The molecule has 0 aromatic heterocycles. The molecule has 0 saturated heterocycles. The molecule has 1 atom stereocenters. The molecule has 98 valence electrons. The molecule has 0 aliphatic heterocycles. The Morgan fingerprint density at radius 1 is 1.44 bits per heavy atom. The van der Waals surface area contributed by atoms with E-state index < -0.39 is 17.9 Å². The highest BCUT2D eigenvalue weighted by atomic mass is 35.5. The van der Waals surface area contributed by atoms with Crippen LogP contribution in [0.2, 0.25) is 5.02 Å². The average Bonchev–Trinajstić information content (AvgIpc) is 2.31. The molecule has 0 heterocycles. The number of rotatable bonds is 6. The fourth-order valence-corrected chi connectivity index (χ4v) is 1.69. The SMILES string of the molecule is COCC(=O)N[C@@H](Cc1ccccc1Cl)C(N)=O. The minimum absolute atomic E-state index is 0.119. The molecule has 0 radical (unpaired) electrons. The average molecular weight is 271 g/mol. The van der Waals surface area contributed by atoms with Crippen molar-refractivity contribution in [2.45, 2.75) is 12.5 Å². The summed E-state index contributed by atoms with van der Waals surface area (Å²) in [6.07, 6.45) is 0.254. The van der Waals surface area contributed by atoms with Crippen molar-refractivity contribution in [2.24, 2.45) is 5.73 Å². The molecule has 1 aromatic rings. The van der Waals surface area contributed by atoms with E-state index in [9.17, 15) is 9.59 Å². The molecule has 0 bridgehead atoms. The Bertz CT molecular complexity index is 437. The number of carbonyl (C=O) groups is 2. The number of methoxy groups -OCH3 is 1. The molecule has 18 heavy (non-hydrogen) atoms. The van der Waals surface area contributed by atoms with E-state index in [1.54, 1.807) is 24.3 Å². The number of ether oxygens (including phenoxy) is 1. The van der Waals surface area contributed by atoms with Gasteiger partial charge in [-0.1, -0.05) is 29.8 Å². The van der Waals surface area contributed by atoms with Crippen molar-refractivity contribution >= 4 is 23.4 Å². The first-order valence-electron chi connectivity index (χ1n) is 5.35. The van der Waals surface area contributed by atoms with Crippen LogP contribution in [0.3, 0.4) is 0 Å². The topological polar surface area (TPSA) is 81.4 Å². The Balaban J connectivity index is 2.72. The summed E-state index contributed by atoms with van der Waals surface area (Å²) < 4.78 is 4.67. The van der Waals surface area contributed by atoms with E-state index in [-0.39, 0.29) is 13.0 Å². The van der Waals surface area contributed by atoms with Gasteiger partial charge in [0.25, 0.3) is 0 Å². The van der Waals surface area contributed by atoms with Crippen molar-refractivity contribution in [3.63, 3.8) is 0 Å². The van der Waals surface area contributed by atoms with Crippen molar-refractivity contribution in [3.8, 4) is 0 Å². The number of hydrogen-bond donors (Lipinski definition) is 2. The van der Waals surface area contributed by atoms with Gasteiger partial charge < -0.3 is 15.8 Å². The van der Waals surface area contributed by atoms with Crippen LogP contribution < -0.4 is 11.1 Å². The molecule has 2 amide bonds. The van der Waals surface area contributed by atoms with Gasteiger partial charge in [0, 0.05) is 18.6 Å². The van der Waals surface area contributed by atoms with E-state index in [0.29, 0.717) is 5.02 Å². The quantitative estimate of drug-likeness (QED) is 0.790. The van der Waals surface area contributed by atoms with Gasteiger partial charge in [0.05, 0.1) is 0 Å². The smallest absolute Gasteiger partial charge is 0.246 e. The number of nitrogens with one attached hydrogen (secondary N) is 1. The molecule has 0 aliphatic carbocycles. The van der Waals surface area contributed by atoms with Crippen molar-refractivity contribution in [1.82, 2.24) is 5.32 Å². The summed E-state index contributed by atoms with van der Waals surface area (Å²) in [5, 5.41) is 3.03. The van der Waals surface area contributed by atoms with Crippen LogP contribution in [-0.4, -0.2) is 31.6 Å². The van der Waals surface area contributed by atoms with E-state index in [2.05, 4.69) is 10.1 Å². The maximum absolute atomic E-state index is 11.4. The number of halogens is 1. The molecule has 5 nitrogen and oxygen atoms in total. The summed E-state index contributed by atoms with van der Waals surface area (Å²) in [6.45, 7) is -0.119. The largest absolute Gasteiger partial charge is 0.375 e. The monoisotopic (exact) mass is 270 g/mol. The Kier molecular flexibility index (Phi) is 5.61.